The Bertz CT molecular complexity index is 373. The molecule has 18 heavy (non-hydrogen) atoms. The van der Waals surface area contributed by atoms with Crippen LogP contribution in [0.5, 0.6) is 0 Å². The molecule has 0 aliphatic rings. The zero-order valence-electron chi connectivity index (χ0n) is 11.8. The molecule has 2 N–H and O–H groups in total. The fraction of sp³-hybridized carbons (Fsp3) is 0.533. The molecule has 2 atom stereocenters. The molecular formula is C15H24N2O. The van der Waals surface area contributed by atoms with Crippen LogP contribution in [0.3, 0.4) is 0 Å². The van der Waals surface area contributed by atoms with Gasteiger partial charge in [0.15, 0.2) is 0 Å². The lowest BCUT2D eigenvalue weighted by Gasteiger charge is -2.20. The molecule has 0 saturated heterocycles. The summed E-state index contributed by atoms with van der Waals surface area (Å²) in [5.41, 5.74) is 2.39. The first kappa shape index (κ1) is 14.6. The third-order valence-electron chi connectivity index (χ3n) is 3.18. The Morgan fingerprint density at radius 3 is 2.22 bits per heavy atom. The summed E-state index contributed by atoms with van der Waals surface area (Å²) in [5, 5.41) is 5.94. The molecule has 0 bridgehead atoms. The summed E-state index contributed by atoms with van der Waals surface area (Å²) in [4.78, 5) is 11.8. The molecule has 0 spiro atoms. The van der Waals surface area contributed by atoms with Crippen LogP contribution in [-0.2, 0) is 0 Å². The highest BCUT2D eigenvalue weighted by Crippen LogP contribution is 2.16. The Morgan fingerprint density at radius 1 is 1.11 bits per heavy atom. The maximum Gasteiger partial charge on any atom is 0.315 e. The average molecular weight is 248 g/mol. The minimum absolute atomic E-state index is 0.0784. The number of hydrogen-bond acceptors (Lipinski definition) is 1. The van der Waals surface area contributed by atoms with Gasteiger partial charge in [0.25, 0.3) is 0 Å². The lowest BCUT2D eigenvalue weighted by molar-refractivity contribution is 0.233. The first-order chi connectivity index (χ1) is 8.56. The van der Waals surface area contributed by atoms with Crippen LogP contribution in [0.2, 0.25) is 0 Å². The molecule has 100 valence electrons. The summed E-state index contributed by atoms with van der Waals surface area (Å²) in [6, 6.07) is 8.51. The van der Waals surface area contributed by atoms with Crippen molar-refractivity contribution < 1.29 is 4.79 Å². The van der Waals surface area contributed by atoms with E-state index in [9.17, 15) is 4.79 Å². The number of carbonyl (C=O) groups is 1. The molecule has 0 aliphatic carbocycles. The fourth-order valence-electron chi connectivity index (χ4n) is 1.75. The highest BCUT2D eigenvalue weighted by Gasteiger charge is 2.13. The summed E-state index contributed by atoms with van der Waals surface area (Å²) in [6.07, 6.45) is 1.83. The van der Waals surface area contributed by atoms with Crippen molar-refractivity contribution in [2.24, 2.45) is 0 Å². The van der Waals surface area contributed by atoms with E-state index in [0.717, 1.165) is 18.4 Å². The molecule has 0 heterocycles. The molecule has 3 heteroatoms. The van der Waals surface area contributed by atoms with Crippen molar-refractivity contribution >= 4 is 6.03 Å². The van der Waals surface area contributed by atoms with E-state index in [1.807, 2.05) is 6.92 Å². The molecule has 0 saturated carbocycles. The van der Waals surface area contributed by atoms with Gasteiger partial charge in [-0.05, 0) is 32.3 Å². The van der Waals surface area contributed by atoms with E-state index < -0.39 is 0 Å². The minimum atomic E-state index is -0.0863. The third kappa shape index (κ3) is 4.40. The molecule has 0 radical (unpaired) electrons. The number of urea groups is 1. The van der Waals surface area contributed by atoms with Gasteiger partial charge in [-0.25, -0.2) is 4.79 Å². The van der Waals surface area contributed by atoms with Crippen LogP contribution in [0, 0.1) is 6.92 Å². The van der Waals surface area contributed by atoms with Crippen molar-refractivity contribution in [3.05, 3.63) is 35.4 Å². The second-order valence-electron chi connectivity index (χ2n) is 4.80. The highest BCUT2D eigenvalue weighted by molar-refractivity contribution is 5.74. The first-order valence-corrected chi connectivity index (χ1v) is 6.70. The largest absolute Gasteiger partial charge is 0.336 e. The predicted molar refractivity (Wildman–Crippen MR) is 75.6 cm³/mol. The van der Waals surface area contributed by atoms with Crippen molar-refractivity contribution in [2.45, 2.75) is 52.6 Å². The number of amides is 2. The average Bonchev–Trinajstić information content (AvgIpc) is 2.37. The van der Waals surface area contributed by atoms with Crippen LogP contribution in [-0.4, -0.2) is 12.1 Å². The second kappa shape index (κ2) is 7.04. The monoisotopic (exact) mass is 248 g/mol. The fourth-order valence-corrected chi connectivity index (χ4v) is 1.75. The van der Waals surface area contributed by atoms with Crippen molar-refractivity contribution in [2.75, 3.05) is 0 Å². The molecule has 0 aromatic heterocycles. The van der Waals surface area contributed by atoms with Gasteiger partial charge in [-0.1, -0.05) is 43.7 Å². The molecule has 0 fully saturated rings. The molecule has 0 unspecified atom stereocenters. The van der Waals surface area contributed by atoms with Crippen LogP contribution in [0.4, 0.5) is 4.79 Å². The summed E-state index contributed by atoms with van der Waals surface area (Å²) in [6.45, 7) is 8.20. The number of aryl methyl sites for hydroxylation is 1. The van der Waals surface area contributed by atoms with Crippen LogP contribution in [0.25, 0.3) is 0 Å². The van der Waals surface area contributed by atoms with Gasteiger partial charge in [0.05, 0.1) is 6.04 Å². The summed E-state index contributed by atoms with van der Waals surface area (Å²) >= 11 is 0. The number of benzene rings is 1. The lowest BCUT2D eigenvalue weighted by Crippen LogP contribution is -2.42. The van der Waals surface area contributed by atoms with Crippen LogP contribution in [0.1, 0.15) is 50.8 Å². The number of nitrogens with one attached hydrogen (secondary N) is 2. The normalized spacial score (nSPS) is 13.8. The summed E-state index contributed by atoms with van der Waals surface area (Å²) < 4.78 is 0. The number of rotatable bonds is 5. The van der Waals surface area contributed by atoms with Gasteiger partial charge in [-0.2, -0.15) is 0 Å². The Morgan fingerprint density at radius 2 is 1.72 bits per heavy atom. The standard InChI is InChI=1S/C15H24N2O/c1-5-12(4)16-15(18)17-14(6-2)13-9-7-11(3)8-10-13/h7-10,12,14H,5-6H2,1-4H3,(H2,16,17,18)/t12-,14+/m1/s1. The van der Waals surface area contributed by atoms with Crippen molar-refractivity contribution in [3.63, 3.8) is 0 Å². The van der Waals surface area contributed by atoms with Gasteiger partial charge in [-0.15, -0.1) is 0 Å². The zero-order valence-corrected chi connectivity index (χ0v) is 11.8. The van der Waals surface area contributed by atoms with Crippen LogP contribution >= 0.6 is 0 Å². The Kier molecular flexibility index (Phi) is 5.69. The van der Waals surface area contributed by atoms with E-state index in [1.165, 1.54) is 5.56 Å². The topological polar surface area (TPSA) is 41.1 Å². The molecule has 1 aromatic carbocycles. The van der Waals surface area contributed by atoms with Gasteiger partial charge >= 0.3 is 6.03 Å². The van der Waals surface area contributed by atoms with E-state index in [-0.39, 0.29) is 18.1 Å². The van der Waals surface area contributed by atoms with E-state index in [4.69, 9.17) is 0 Å². The minimum Gasteiger partial charge on any atom is -0.336 e. The Hall–Kier alpha value is -1.51. The molecule has 1 aromatic rings. The van der Waals surface area contributed by atoms with E-state index in [1.54, 1.807) is 0 Å². The van der Waals surface area contributed by atoms with Crippen molar-refractivity contribution in [1.29, 1.82) is 0 Å². The van der Waals surface area contributed by atoms with Crippen molar-refractivity contribution in [3.8, 4) is 0 Å². The Balaban J connectivity index is 2.61. The smallest absolute Gasteiger partial charge is 0.315 e. The zero-order chi connectivity index (χ0) is 13.5. The molecule has 1 rings (SSSR count). The summed E-state index contributed by atoms with van der Waals surface area (Å²) in [7, 11) is 0. The molecule has 3 nitrogen and oxygen atoms in total. The molecule has 0 aliphatic heterocycles. The number of carbonyl (C=O) groups excluding carboxylic acids is 1. The SMILES string of the molecule is CC[C@@H](C)NC(=O)N[C@@H](CC)c1ccc(C)cc1. The maximum absolute atomic E-state index is 11.8. The Labute approximate surface area is 110 Å². The second-order valence-corrected chi connectivity index (χ2v) is 4.80. The lowest BCUT2D eigenvalue weighted by atomic mass is 10.0. The van der Waals surface area contributed by atoms with Gasteiger partial charge in [-0.3, -0.25) is 0 Å². The maximum atomic E-state index is 11.8. The van der Waals surface area contributed by atoms with E-state index >= 15 is 0 Å². The summed E-state index contributed by atoms with van der Waals surface area (Å²) in [5.74, 6) is 0. The van der Waals surface area contributed by atoms with Gasteiger partial charge in [0.2, 0.25) is 0 Å². The van der Waals surface area contributed by atoms with Crippen LogP contribution < -0.4 is 10.6 Å². The number of hydrogen-bond donors (Lipinski definition) is 2. The van der Waals surface area contributed by atoms with E-state index in [2.05, 4.69) is 55.7 Å². The van der Waals surface area contributed by atoms with Crippen molar-refractivity contribution in [1.82, 2.24) is 10.6 Å². The quantitative estimate of drug-likeness (QED) is 0.822. The molecule has 2 amide bonds. The molecular weight excluding hydrogens is 224 g/mol. The van der Waals surface area contributed by atoms with Gasteiger partial charge < -0.3 is 10.6 Å². The predicted octanol–water partition coefficient (Wildman–Crippen LogP) is 3.54. The third-order valence-corrected chi connectivity index (χ3v) is 3.18. The van der Waals surface area contributed by atoms with Gasteiger partial charge in [0.1, 0.15) is 0 Å². The van der Waals surface area contributed by atoms with Crippen LogP contribution in [0.15, 0.2) is 24.3 Å². The van der Waals surface area contributed by atoms with E-state index in [0.29, 0.717) is 0 Å². The van der Waals surface area contributed by atoms with Gasteiger partial charge in [0, 0.05) is 6.04 Å². The first-order valence-electron chi connectivity index (χ1n) is 6.70. The highest BCUT2D eigenvalue weighted by atomic mass is 16.2.